The minimum atomic E-state index is 0.700. The van der Waals surface area contributed by atoms with Gasteiger partial charge < -0.3 is 10.6 Å². The van der Waals surface area contributed by atoms with Crippen LogP contribution in [-0.2, 0) is 6.54 Å². The molecule has 26 heavy (non-hydrogen) atoms. The summed E-state index contributed by atoms with van der Waals surface area (Å²) in [5.41, 5.74) is 1.12. The first-order chi connectivity index (χ1) is 12.7. The lowest BCUT2D eigenvalue weighted by Crippen LogP contribution is -2.37. The molecule has 2 N–H and O–H groups in total. The molecule has 0 radical (unpaired) electrons. The van der Waals surface area contributed by atoms with E-state index >= 15 is 0 Å². The molecule has 0 amide bonds. The highest BCUT2D eigenvalue weighted by molar-refractivity contribution is 5.79. The van der Waals surface area contributed by atoms with Gasteiger partial charge in [0.2, 0.25) is 0 Å². The largest absolute Gasteiger partial charge is 0.356 e. The summed E-state index contributed by atoms with van der Waals surface area (Å²) in [5.74, 6) is 2.52. The van der Waals surface area contributed by atoms with E-state index in [1.54, 1.807) is 19.6 Å². The van der Waals surface area contributed by atoms with Crippen molar-refractivity contribution in [3.05, 3.63) is 42.6 Å². The van der Waals surface area contributed by atoms with Crippen molar-refractivity contribution in [3.63, 3.8) is 0 Å². The monoisotopic (exact) mass is 356 g/mol. The van der Waals surface area contributed by atoms with Crippen molar-refractivity contribution in [2.45, 2.75) is 52.5 Å². The number of nitrogens with zero attached hydrogens (tertiary/aromatic N) is 4. The Balaban J connectivity index is 1.64. The van der Waals surface area contributed by atoms with E-state index in [0.717, 1.165) is 29.8 Å². The highest BCUT2D eigenvalue weighted by Gasteiger charge is 2.01. The molecule has 0 atom stereocenters. The van der Waals surface area contributed by atoms with Gasteiger partial charge in [-0.25, -0.2) is 9.97 Å². The Kier molecular flexibility index (Phi) is 8.66. The van der Waals surface area contributed by atoms with Crippen LogP contribution in [0, 0.1) is 5.92 Å². The van der Waals surface area contributed by atoms with Crippen LogP contribution in [0.2, 0.25) is 0 Å². The minimum absolute atomic E-state index is 0.700. The van der Waals surface area contributed by atoms with Gasteiger partial charge in [-0.1, -0.05) is 45.6 Å². The molecule has 2 aromatic heterocycles. The maximum Gasteiger partial charge on any atom is 0.191 e. The number of aliphatic imine (C=N–C) groups is 1. The lowest BCUT2D eigenvalue weighted by atomic mass is 10.0. The maximum atomic E-state index is 4.46. The number of imidazole rings is 1. The second kappa shape index (κ2) is 11.3. The Labute approximate surface area is 157 Å². The molecule has 6 nitrogen and oxygen atoms in total. The molecular formula is C20H32N6. The molecule has 0 aromatic carbocycles. The Morgan fingerprint density at radius 2 is 2.00 bits per heavy atom. The second-order valence-corrected chi connectivity index (χ2v) is 6.94. The second-order valence-electron chi connectivity index (χ2n) is 6.94. The molecule has 6 heteroatoms. The van der Waals surface area contributed by atoms with Crippen molar-refractivity contribution >= 4 is 5.96 Å². The van der Waals surface area contributed by atoms with E-state index < -0.39 is 0 Å². The number of rotatable bonds is 10. The molecule has 2 heterocycles. The van der Waals surface area contributed by atoms with E-state index in [1.165, 1.54) is 32.1 Å². The molecule has 0 fully saturated rings. The van der Waals surface area contributed by atoms with Crippen LogP contribution in [0.25, 0.3) is 5.82 Å². The predicted octanol–water partition coefficient (Wildman–Crippen LogP) is 3.54. The lowest BCUT2D eigenvalue weighted by molar-refractivity contribution is 0.518. The van der Waals surface area contributed by atoms with Crippen LogP contribution in [-0.4, -0.2) is 34.1 Å². The molecule has 2 aromatic rings. The van der Waals surface area contributed by atoms with Crippen LogP contribution in [0.3, 0.4) is 0 Å². The third-order valence-electron chi connectivity index (χ3n) is 4.26. The summed E-state index contributed by atoms with van der Waals surface area (Å²) >= 11 is 0. The summed E-state index contributed by atoms with van der Waals surface area (Å²) in [6, 6.07) is 4.06. The fourth-order valence-corrected chi connectivity index (χ4v) is 2.71. The van der Waals surface area contributed by atoms with Gasteiger partial charge in [-0.05, 0) is 24.0 Å². The van der Waals surface area contributed by atoms with Crippen molar-refractivity contribution in [2.75, 3.05) is 13.6 Å². The Bertz CT molecular complexity index is 631. The van der Waals surface area contributed by atoms with Gasteiger partial charge in [0.15, 0.2) is 5.96 Å². The first kappa shape index (κ1) is 19.9. The van der Waals surface area contributed by atoms with E-state index in [0.29, 0.717) is 6.54 Å². The molecule has 0 aliphatic carbocycles. The van der Waals surface area contributed by atoms with E-state index in [4.69, 9.17) is 0 Å². The molecule has 0 aliphatic heterocycles. The van der Waals surface area contributed by atoms with Crippen LogP contribution in [0.4, 0.5) is 0 Å². The van der Waals surface area contributed by atoms with E-state index in [-0.39, 0.29) is 0 Å². The average Bonchev–Trinajstić information content (AvgIpc) is 3.18. The third-order valence-corrected chi connectivity index (χ3v) is 4.26. The quantitative estimate of drug-likeness (QED) is 0.388. The first-order valence-electron chi connectivity index (χ1n) is 9.57. The van der Waals surface area contributed by atoms with Crippen LogP contribution < -0.4 is 10.6 Å². The molecule has 0 saturated carbocycles. The number of aromatic nitrogens is 3. The SMILES string of the molecule is CN=C(NCCCCCCC(C)C)NCc1ccc(-n2ccnc2)nc1. The smallest absolute Gasteiger partial charge is 0.191 e. The normalized spacial score (nSPS) is 11.8. The van der Waals surface area contributed by atoms with Crippen molar-refractivity contribution in [1.82, 2.24) is 25.2 Å². The Morgan fingerprint density at radius 1 is 1.15 bits per heavy atom. The van der Waals surface area contributed by atoms with Gasteiger partial charge in [-0.3, -0.25) is 9.56 Å². The van der Waals surface area contributed by atoms with Gasteiger partial charge in [-0.15, -0.1) is 0 Å². The van der Waals surface area contributed by atoms with Crippen molar-refractivity contribution in [3.8, 4) is 5.82 Å². The van der Waals surface area contributed by atoms with E-state index in [9.17, 15) is 0 Å². The van der Waals surface area contributed by atoms with Gasteiger partial charge in [-0.2, -0.15) is 0 Å². The van der Waals surface area contributed by atoms with Gasteiger partial charge in [0.05, 0.1) is 0 Å². The number of unbranched alkanes of at least 4 members (excludes halogenated alkanes) is 3. The van der Waals surface area contributed by atoms with Crippen molar-refractivity contribution < 1.29 is 0 Å². The van der Waals surface area contributed by atoms with Crippen molar-refractivity contribution in [2.24, 2.45) is 10.9 Å². The number of hydrogen-bond donors (Lipinski definition) is 2. The summed E-state index contributed by atoms with van der Waals surface area (Å²) < 4.78 is 1.89. The zero-order valence-electron chi connectivity index (χ0n) is 16.3. The molecular weight excluding hydrogens is 324 g/mol. The van der Waals surface area contributed by atoms with Crippen LogP contribution in [0.5, 0.6) is 0 Å². The zero-order valence-corrected chi connectivity index (χ0v) is 16.3. The minimum Gasteiger partial charge on any atom is -0.356 e. The number of hydrogen-bond acceptors (Lipinski definition) is 3. The summed E-state index contributed by atoms with van der Waals surface area (Å²) in [6.07, 6.45) is 13.7. The molecule has 0 aliphatic rings. The number of pyridine rings is 1. The van der Waals surface area contributed by atoms with Gasteiger partial charge >= 0.3 is 0 Å². The average molecular weight is 357 g/mol. The summed E-state index contributed by atoms with van der Waals surface area (Å²) in [6.45, 7) is 6.24. The van der Waals surface area contributed by atoms with Crippen LogP contribution in [0.15, 0.2) is 42.0 Å². The van der Waals surface area contributed by atoms with Gasteiger partial charge in [0.1, 0.15) is 12.1 Å². The van der Waals surface area contributed by atoms with Crippen LogP contribution >= 0.6 is 0 Å². The fourth-order valence-electron chi connectivity index (χ4n) is 2.71. The van der Waals surface area contributed by atoms with E-state index in [1.807, 2.05) is 23.0 Å². The number of nitrogens with one attached hydrogen (secondary N) is 2. The molecule has 0 bridgehead atoms. The topological polar surface area (TPSA) is 67.1 Å². The molecule has 0 saturated heterocycles. The molecule has 0 unspecified atom stereocenters. The third kappa shape index (κ3) is 7.25. The lowest BCUT2D eigenvalue weighted by Gasteiger charge is -2.12. The van der Waals surface area contributed by atoms with E-state index in [2.05, 4.69) is 45.5 Å². The molecule has 142 valence electrons. The summed E-state index contributed by atoms with van der Waals surface area (Å²) in [7, 11) is 1.80. The van der Waals surface area contributed by atoms with Gasteiger partial charge in [0, 0.05) is 38.7 Å². The zero-order chi connectivity index (χ0) is 18.6. The summed E-state index contributed by atoms with van der Waals surface area (Å²) in [4.78, 5) is 12.8. The highest BCUT2D eigenvalue weighted by Crippen LogP contribution is 2.09. The first-order valence-corrected chi connectivity index (χ1v) is 9.57. The van der Waals surface area contributed by atoms with Gasteiger partial charge in [0.25, 0.3) is 0 Å². The Morgan fingerprint density at radius 3 is 2.65 bits per heavy atom. The fraction of sp³-hybridized carbons (Fsp3) is 0.550. The van der Waals surface area contributed by atoms with Crippen molar-refractivity contribution in [1.29, 1.82) is 0 Å². The number of guanidine groups is 1. The molecule has 0 spiro atoms. The molecule has 2 rings (SSSR count). The van der Waals surface area contributed by atoms with Crippen LogP contribution in [0.1, 0.15) is 51.5 Å². The Hall–Kier alpha value is -2.37. The maximum absolute atomic E-state index is 4.46. The summed E-state index contributed by atoms with van der Waals surface area (Å²) in [5, 5.41) is 6.72. The highest BCUT2D eigenvalue weighted by atomic mass is 15.2. The predicted molar refractivity (Wildman–Crippen MR) is 107 cm³/mol. The standard InChI is InChI=1S/C20H32N6/c1-17(2)8-6-4-5-7-11-23-20(21-3)25-15-18-9-10-19(24-14-18)26-13-12-22-16-26/h9-10,12-14,16-17H,4-8,11,15H2,1-3H3,(H2,21,23,25).